The Bertz CT molecular complexity index is 483. The van der Waals surface area contributed by atoms with E-state index in [1.54, 1.807) is 39.4 Å². The maximum absolute atomic E-state index is 12.1. The summed E-state index contributed by atoms with van der Waals surface area (Å²) in [6.45, 7) is 2.71. The largest absolute Gasteiger partial charge is 0.383 e. The fourth-order valence-corrected chi connectivity index (χ4v) is 1.54. The Morgan fingerprint density at radius 3 is 2.85 bits per heavy atom. The number of aromatic nitrogens is 1. The summed E-state index contributed by atoms with van der Waals surface area (Å²) in [5, 5.41) is 5.79. The van der Waals surface area contributed by atoms with Crippen molar-refractivity contribution in [3.8, 4) is 0 Å². The van der Waals surface area contributed by atoms with Gasteiger partial charge >= 0.3 is 0 Å². The normalized spacial score (nSPS) is 12.2. The number of rotatable bonds is 6. The van der Waals surface area contributed by atoms with Crippen LogP contribution in [0.2, 0.25) is 0 Å². The van der Waals surface area contributed by atoms with Crippen molar-refractivity contribution in [1.82, 2.24) is 10.3 Å². The van der Waals surface area contributed by atoms with E-state index >= 15 is 0 Å². The molecule has 0 spiro atoms. The zero-order valence-electron chi connectivity index (χ0n) is 12.0. The van der Waals surface area contributed by atoms with E-state index < -0.39 is 0 Å². The number of allylic oxidation sites excluding steroid dienone is 1. The SMILES string of the molecule is C/C=C(/C(=O)NCCOC)C(=NC)Nc1ccccn1. The standard InChI is InChI=1S/C14H20N4O2/c1-4-11(14(19)17-9-10-20-3)13(15-2)18-12-7-5-6-8-16-12/h4-8H,9-10H2,1-3H3,(H,17,19)(H,15,16,18)/b11-4+. The maximum atomic E-state index is 12.1. The number of amides is 1. The third kappa shape index (κ3) is 4.81. The molecule has 1 aromatic heterocycles. The maximum Gasteiger partial charge on any atom is 0.254 e. The number of hydrogen-bond donors (Lipinski definition) is 2. The van der Waals surface area contributed by atoms with Gasteiger partial charge in [0, 0.05) is 26.9 Å². The molecule has 0 atom stereocenters. The van der Waals surface area contributed by atoms with Crippen molar-refractivity contribution in [2.45, 2.75) is 6.92 Å². The molecule has 0 saturated heterocycles. The second-order valence-electron chi connectivity index (χ2n) is 3.86. The molecule has 0 aliphatic carbocycles. The van der Waals surface area contributed by atoms with Crippen LogP contribution in [0.1, 0.15) is 6.92 Å². The molecule has 0 aliphatic heterocycles. The van der Waals surface area contributed by atoms with Gasteiger partial charge in [-0.1, -0.05) is 12.1 Å². The smallest absolute Gasteiger partial charge is 0.254 e. The van der Waals surface area contributed by atoms with Crippen molar-refractivity contribution in [2.24, 2.45) is 4.99 Å². The molecule has 0 radical (unpaired) electrons. The molecule has 0 fully saturated rings. The fraction of sp³-hybridized carbons (Fsp3) is 0.357. The summed E-state index contributed by atoms with van der Waals surface area (Å²) in [6.07, 6.45) is 3.38. The summed E-state index contributed by atoms with van der Waals surface area (Å²) >= 11 is 0. The molecule has 20 heavy (non-hydrogen) atoms. The van der Waals surface area contributed by atoms with E-state index in [0.29, 0.717) is 30.4 Å². The van der Waals surface area contributed by atoms with Crippen molar-refractivity contribution < 1.29 is 9.53 Å². The van der Waals surface area contributed by atoms with Crippen LogP contribution >= 0.6 is 0 Å². The van der Waals surface area contributed by atoms with Gasteiger partial charge in [-0.25, -0.2) is 4.98 Å². The summed E-state index contributed by atoms with van der Waals surface area (Å²) in [5.74, 6) is 0.909. The summed E-state index contributed by atoms with van der Waals surface area (Å²) in [7, 11) is 3.21. The lowest BCUT2D eigenvalue weighted by molar-refractivity contribution is -0.117. The number of anilines is 1. The highest BCUT2D eigenvalue weighted by molar-refractivity contribution is 6.24. The third-order valence-electron chi connectivity index (χ3n) is 2.52. The zero-order chi connectivity index (χ0) is 14.8. The summed E-state index contributed by atoms with van der Waals surface area (Å²) < 4.78 is 4.90. The quantitative estimate of drug-likeness (QED) is 0.355. The van der Waals surface area contributed by atoms with E-state index in [4.69, 9.17) is 4.74 Å². The molecule has 6 nitrogen and oxygen atoms in total. The van der Waals surface area contributed by atoms with Crippen LogP contribution < -0.4 is 10.6 Å². The van der Waals surface area contributed by atoms with E-state index in [-0.39, 0.29) is 5.91 Å². The number of pyridine rings is 1. The first kappa shape index (κ1) is 15.8. The molecule has 108 valence electrons. The lowest BCUT2D eigenvalue weighted by atomic mass is 10.2. The van der Waals surface area contributed by atoms with Gasteiger partial charge in [0.1, 0.15) is 11.7 Å². The Morgan fingerprint density at radius 2 is 2.30 bits per heavy atom. The van der Waals surface area contributed by atoms with E-state index in [1.165, 1.54) is 0 Å². The number of nitrogens with one attached hydrogen (secondary N) is 2. The number of amidine groups is 1. The minimum Gasteiger partial charge on any atom is -0.383 e. The van der Waals surface area contributed by atoms with Crippen LogP contribution in [0, 0.1) is 0 Å². The molecule has 0 unspecified atom stereocenters. The summed E-state index contributed by atoms with van der Waals surface area (Å²) in [6, 6.07) is 5.49. The Morgan fingerprint density at radius 1 is 1.50 bits per heavy atom. The minimum absolute atomic E-state index is 0.200. The number of ether oxygens (including phenoxy) is 1. The predicted molar refractivity (Wildman–Crippen MR) is 79.9 cm³/mol. The molecule has 0 aliphatic rings. The lowest BCUT2D eigenvalue weighted by Crippen LogP contribution is -2.33. The van der Waals surface area contributed by atoms with E-state index in [0.717, 1.165) is 0 Å². The Labute approximate surface area is 119 Å². The van der Waals surface area contributed by atoms with E-state index in [1.807, 2.05) is 12.1 Å². The Hall–Kier alpha value is -2.21. The molecule has 0 bridgehead atoms. The Balaban J connectivity index is 2.74. The Kier molecular flexibility index (Phi) is 6.99. The van der Waals surface area contributed by atoms with Gasteiger partial charge in [0.05, 0.1) is 12.2 Å². The minimum atomic E-state index is -0.200. The van der Waals surface area contributed by atoms with E-state index in [9.17, 15) is 4.79 Å². The van der Waals surface area contributed by atoms with Crippen LogP contribution in [0.5, 0.6) is 0 Å². The van der Waals surface area contributed by atoms with Crippen molar-refractivity contribution in [3.63, 3.8) is 0 Å². The zero-order valence-corrected chi connectivity index (χ0v) is 12.0. The van der Waals surface area contributed by atoms with Crippen LogP contribution in [0.15, 0.2) is 41.0 Å². The molecular formula is C14H20N4O2. The molecule has 1 amide bonds. The van der Waals surface area contributed by atoms with Crippen molar-refractivity contribution in [3.05, 3.63) is 36.0 Å². The summed E-state index contributed by atoms with van der Waals surface area (Å²) in [4.78, 5) is 20.3. The van der Waals surface area contributed by atoms with Gasteiger partial charge in [-0.05, 0) is 19.1 Å². The van der Waals surface area contributed by atoms with Crippen LogP contribution in [-0.2, 0) is 9.53 Å². The van der Waals surface area contributed by atoms with Crippen molar-refractivity contribution in [2.75, 3.05) is 32.6 Å². The molecule has 1 heterocycles. The molecule has 1 rings (SSSR count). The topological polar surface area (TPSA) is 75.6 Å². The predicted octanol–water partition coefficient (Wildman–Crippen LogP) is 1.23. The molecule has 0 saturated carbocycles. The average molecular weight is 276 g/mol. The lowest BCUT2D eigenvalue weighted by Gasteiger charge is -2.12. The van der Waals surface area contributed by atoms with Crippen LogP contribution in [0.3, 0.4) is 0 Å². The fourth-order valence-electron chi connectivity index (χ4n) is 1.54. The van der Waals surface area contributed by atoms with E-state index in [2.05, 4.69) is 20.6 Å². The van der Waals surface area contributed by atoms with Gasteiger partial charge in [0.2, 0.25) is 0 Å². The van der Waals surface area contributed by atoms with Crippen LogP contribution in [0.4, 0.5) is 5.82 Å². The average Bonchev–Trinajstić information content (AvgIpc) is 2.48. The first-order valence-corrected chi connectivity index (χ1v) is 6.31. The number of hydrogen-bond acceptors (Lipinski definition) is 4. The molecule has 2 N–H and O–H groups in total. The van der Waals surface area contributed by atoms with Gasteiger partial charge in [-0.15, -0.1) is 0 Å². The molecular weight excluding hydrogens is 256 g/mol. The number of nitrogens with zero attached hydrogens (tertiary/aromatic N) is 2. The first-order chi connectivity index (χ1) is 9.72. The highest BCUT2D eigenvalue weighted by atomic mass is 16.5. The number of carbonyl (C=O) groups excluding carboxylic acids is 1. The third-order valence-corrected chi connectivity index (χ3v) is 2.52. The molecule has 6 heteroatoms. The van der Waals surface area contributed by atoms with Crippen LogP contribution in [-0.4, -0.2) is 44.0 Å². The van der Waals surface area contributed by atoms with Gasteiger partial charge in [0.15, 0.2) is 0 Å². The van der Waals surface area contributed by atoms with Crippen LogP contribution in [0.25, 0.3) is 0 Å². The number of methoxy groups -OCH3 is 1. The highest BCUT2D eigenvalue weighted by Crippen LogP contribution is 2.05. The highest BCUT2D eigenvalue weighted by Gasteiger charge is 2.14. The molecule has 0 aromatic carbocycles. The van der Waals surface area contributed by atoms with Gasteiger partial charge in [0.25, 0.3) is 5.91 Å². The first-order valence-electron chi connectivity index (χ1n) is 6.31. The number of carbonyl (C=O) groups is 1. The van der Waals surface area contributed by atoms with Gasteiger partial charge in [-0.2, -0.15) is 0 Å². The monoisotopic (exact) mass is 276 g/mol. The number of aliphatic imine (C=N–C) groups is 1. The van der Waals surface area contributed by atoms with Crippen molar-refractivity contribution in [1.29, 1.82) is 0 Å². The van der Waals surface area contributed by atoms with Gasteiger partial charge in [-0.3, -0.25) is 9.79 Å². The summed E-state index contributed by atoms with van der Waals surface area (Å²) in [5.41, 5.74) is 0.467. The second kappa shape index (κ2) is 8.82. The van der Waals surface area contributed by atoms with Gasteiger partial charge < -0.3 is 15.4 Å². The van der Waals surface area contributed by atoms with Crippen molar-refractivity contribution >= 4 is 17.6 Å². The second-order valence-corrected chi connectivity index (χ2v) is 3.86. The molecule has 1 aromatic rings.